The van der Waals surface area contributed by atoms with Crippen LogP contribution in [-0.4, -0.2) is 50.8 Å². The Balaban J connectivity index is 1.79. The SMILES string of the molecule is CCN(CCNC(N)=NCc1ccc(OC)c(OC)c1)C1CC1. The van der Waals surface area contributed by atoms with E-state index in [1.165, 1.54) is 12.8 Å². The third kappa shape index (κ3) is 5.32. The Morgan fingerprint density at radius 3 is 2.65 bits per heavy atom. The zero-order chi connectivity index (χ0) is 16.7. The van der Waals surface area contributed by atoms with Crippen LogP contribution >= 0.6 is 0 Å². The molecule has 0 bridgehead atoms. The second kappa shape index (κ2) is 8.62. The van der Waals surface area contributed by atoms with Gasteiger partial charge in [0, 0.05) is 19.1 Å². The van der Waals surface area contributed by atoms with E-state index in [1.807, 2.05) is 18.2 Å². The number of ether oxygens (including phenoxy) is 2. The zero-order valence-corrected chi connectivity index (χ0v) is 14.3. The molecule has 1 aromatic rings. The first-order chi connectivity index (χ1) is 11.2. The standard InChI is InChI=1S/C17H28N4O2/c1-4-21(14-6-7-14)10-9-19-17(18)20-12-13-5-8-15(22-2)16(11-13)23-3/h5,8,11,14H,4,6-7,9-10,12H2,1-3H3,(H3,18,19,20). The summed E-state index contributed by atoms with van der Waals surface area (Å²) in [5.74, 6) is 1.90. The highest BCUT2D eigenvalue weighted by Gasteiger charge is 2.27. The van der Waals surface area contributed by atoms with Crippen molar-refractivity contribution in [3.8, 4) is 11.5 Å². The van der Waals surface area contributed by atoms with Crippen molar-refractivity contribution in [2.24, 2.45) is 10.7 Å². The van der Waals surface area contributed by atoms with Gasteiger partial charge in [0.2, 0.25) is 0 Å². The number of benzene rings is 1. The third-order valence-corrected chi connectivity index (χ3v) is 4.05. The summed E-state index contributed by atoms with van der Waals surface area (Å²) < 4.78 is 10.5. The molecule has 0 atom stereocenters. The molecule has 3 N–H and O–H groups in total. The Labute approximate surface area is 138 Å². The van der Waals surface area contributed by atoms with E-state index in [2.05, 4.69) is 22.1 Å². The van der Waals surface area contributed by atoms with E-state index in [0.29, 0.717) is 24.0 Å². The van der Waals surface area contributed by atoms with Crippen molar-refractivity contribution in [3.05, 3.63) is 23.8 Å². The number of nitrogens with two attached hydrogens (primary N) is 1. The molecule has 1 aliphatic carbocycles. The largest absolute Gasteiger partial charge is 0.493 e. The number of nitrogens with one attached hydrogen (secondary N) is 1. The molecule has 0 aliphatic heterocycles. The Bertz CT molecular complexity index is 529. The van der Waals surface area contributed by atoms with Crippen LogP contribution in [0.25, 0.3) is 0 Å². The van der Waals surface area contributed by atoms with E-state index in [0.717, 1.165) is 31.2 Å². The summed E-state index contributed by atoms with van der Waals surface area (Å²) >= 11 is 0. The zero-order valence-electron chi connectivity index (χ0n) is 14.3. The number of nitrogens with zero attached hydrogens (tertiary/aromatic N) is 2. The lowest BCUT2D eigenvalue weighted by Gasteiger charge is -2.19. The maximum absolute atomic E-state index is 5.93. The Morgan fingerprint density at radius 1 is 1.30 bits per heavy atom. The highest BCUT2D eigenvalue weighted by molar-refractivity contribution is 5.77. The number of rotatable bonds is 9. The van der Waals surface area contributed by atoms with Crippen LogP contribution in [0.5, 0.6) is 11.5 Å². The molecule has 6 heteroatoms. The molecular formula is C17H28N4O2. The summed E-state index contributed by atoms with van der Waals surface area (Å²) in [6.07, 6.45) is 2.66. The van der Waals surface area contributed by atoms with Crippen LogP contribution in [0, 0.1) is 0 Å². The lowest BCUT2D eigenvalue weighted by molar-refractivity contribution is 0.282. The van der Waals surface area contributed by atoms with E-state index in [4.69, 9.17) is 15.2 Å². The Morgan fingerprint density at radius 2 is 2.04 bits per heavy atom. The van der Waals surface area contributed by atoms with Crippen molar-refractivity contribution in [2.75, 3.05) is 33.9 Å². The van der Waals surface area contributed by atoms with Gasteiger partial charge in [0.05, 0.1) is 20.8 Å². The molecule has 1 aliphatic rings. The van der Waals surface area contributed by atoms with E-state index in [1.54, 1.807) is 14.2 Å². The molecule has 23 heavy (non-hydrogen) atoms. The maximum atomic E-state index is 5.93. The van der Waals surface area contributed by atoms with Gasteiger partial charge in [0.1, 0.15) is 0 Å². The highest BCUT2D eigenvalue weighted by atomic mass is 16.5. The fourth-order valence-corrected chi connectivity index (χ4v) is 2.58. The van der Waals surface area contributed by atoms with E-state index in [9.17, 15) is 0 Å². The minimum absolute atomic E-state index is 0.478. The molecule has 0 amide bonds. The Kier molecular flexibility index (Phi) is 6.52. The van der Waals surface area contributed by atoms with Gasteiger partial charge in [0.15, 0.2) is 17.5 Å². The van der Waals surface area contributed by atoms with Crippen molar-refractivity contribution in [3.63, 3.8) is 0 Å². The number of hydrogen-bond donors (Lipinski definition) is 2. The molecule has 0 heterocycles. The maximum Gasteiger partial charge on any atom is 0.188 e. The van der Waals surface area contributed by atoms with E-state index in [-0.39, 0.29) is 0 Å². The summed E-state index contributed by atoms with van der Waals surface area (Å²) in [4.78, 5) is 6.86. The molecular weight excluding hydrogens is 292 g/mol. The average molecular weight is 320 g/mol. The summed E-state index contributed by atoms with van der Waals surface area (Å²) in [6.45, 7) is 5.64. The summed E-state index contributed by atoms with van der Waals surface area (Å²) in [5, 5.41) is 3.18. The molecule has 1 fully saturated rings. The second-order valence-corrected chi connectivity index (χ2v) is 5.68. The molecule has 1 aromatic carbocycles. The fraction of sp³-hybridized carbons (Fsp3) is 0.588. The number of guanidine groups is 1. The first-order valence-corrected chi connectivity index (χ1v) is 8.16. The number of aliphatic imine (C=N–C) groups is 1. The molecule has 0 radical (unpaired) electrons. The highest BCUT2D eigenvalue weighted by Crippen LogP contribution is 2.27. The summed E-state index contributed by atoms with van der Waals surface area (Å²) in [7, 11) is 3.25. The lowest BCUT2D eigenvalue weighted by Crippen LogP contribution is -2.39. The fourth-order valence-electron chi connectivity index (χ4n) is 2.58. The lowest BCUT2D eigenvalue weighted by atomic mass is 10.2. The van der Waals surface area contributed by atoms with Crippen LogP contribution in [-0.2, 0) is 6.54 Å². The number of methoxy groups -OCH3 is 2. The summed E-state index contributed by atoms with van der Waals surface area (Å²) in [5.41, 5.74) is 6.96. The van der Waals surface area contributed by atoms with Gasteiger partial charge in [-0.05, 0) is 37.1 Å². The molecule has 0 spiro atoms. The van der Waals surface area contributed by atoms with Crippen molar-refractivity contribution in [1.82, 2.24) is 10.2 Å². The van der Waals surface area contributed by atoms with Crippen molar-refractivity contribution < 1.29 is 9.47 Å². The quantitative estimate of drug-likeness (QED) is 0.534. The van der Waals surface area contributed by atoms with Gasteiger partial charge in [-0.2, -0.15) is 0 Å². The average Bonchev–Trinajstić information content (AvgIpc) is 3.41. The van der Waals surface area contributed by atoms with Gasteiger partial charge >= 0.3 is 0 Å². The monoisotopic (exact) mass is 320 g/mol. The molecule has 0 aromatic heterocycles. The first kappa shape index (κ1) is 17.4. The van der Waals surface area contributed by atoms with Crippen LogP contribution in [0.3, 0.4) is 0 Å². The number of likely N-dealkylation sites (N-methyl/N-ethyl adjacent to an activating group) is 1. The topological polar surface area (TPSA) is 72.1 Å². The van der Waals surface area contributed by atoms with Crippen LogP contribution in [0.15, 0.2) is 23.2 Å². The minimum atomic E-state index is 0.478. The molecule has 2 rings (SSSR count). The molecule has 128 valence electrons. The van der Waals surface area contributed by atoms with E-state index < -0.39 is 0 Å². The van der Waals surface area contributed by atoms with Gasteiger partial charge in [-0.15, -0.1) is 0 Å². The van der Waals surface area contributed by atoms with E-state index >= 15 is 0 Å². The molecule has 0 unspecified atom stereocenters. The second-order valence-electron chi connectivity index (χ2n) is 5.68. The predicted octanol–water partition coefficient (Wildman–Crippen LogP) is 1.59. The molecule has 0 saturated heterocycles. The van der Waals surface area contributed by atoms with Gasteiger partial charge in [-0.1, -0.05) is 13.0 Å². The van der Waals surface area contributed by atoms with Crippen LogP contribution < -0.4 is 20.5 Å². The van der Waals surface area contributed by atoms with Crippen molar-refractivity contribution in [1.29, 1.82) is 0 Å². The first-order valence-electron chi connectivity index (χ1n) is 8.16. The normalized spacial score (nSPS) is 14.9. The minimum Gasteiger partial charge on any atom is -0.493 e. The molecule has 1 saturated carbocycles. The van der Waals surface area contributed by atoms with Gasteiger partial charge in [0.25, 0.3) is 0 Å². The third-order valence-electron chi connectivity index (χ3n) is 4.05. The van der Waals surface area contributed by atoms with Crippen molar-refractivity contribution >= 4 is 5.96 Å². The Hall–Kier alpha value is -1.95. The van der Waals surface area contributed by atoms with Crippen LogP contribution in [0.1, 0.15) is 25.3 Å². The van der Waals surface area contributed by atoms with Gasteiger partial charge in [-0.3, -0.25) is 4.90 Å². The van der Waals surface area contributed by atoms with Crippen molar-refractivity contribution in [2.45, 2.75) is 32.4 Å². The van der Waals surface area contributed by atoms with Crippen LogP contribution in [0.4, 0.5) is 0 Å². The molecule has 6 nitrogen and oxygen atoms in total. The van der Waals surface area contributed by atoms with Gasteiger partial charge in [-0.25, -0.2) is 4.99 Å². The van der Waals surface area contributed by atoms with Crippen LogP contribution in [0.2, 0.25) is 0 Å². The van der Waals surface area contributed by atoms with Gasteiger partial charge < -0.3 is 20.5 Å². The number of hydrogen-bond acceptors (Lipinski definition) is 4. The smallest absolute Gasteiger partial charge is 0.188 e. The summed E-state index contributed by atoms with van der Waals surface area (Å²) in [6, 6.07) is 6.54. The predicted molar refractivity (Wildman–Crippen MR) is 93.1 cm³/mol.